The van der Waals surface area contributed by atoms with Gasteiger partial charge in [-0.25, -0.2) is 4.68 Å². The molecule has 110 valence electrons. The van der Waals surface area contributed by atoms with Gasteiger partial charge in [-0.15, -0.1) is 0 Å². The minimum Gasteiger partial charge on any atom is -0.324 e. The molecule has 0 saturated heterocycles. The molecule has 6 nitrogen and oxygen atoms in total. The van der Waals surface area contributed by atoms with E-state index in [-0.39, 0.29) is 6.04 Å². The summed E-state index contributed by atoms with van der Waals surface area (Å²) in [4.78, 5) is 8.33. The van der Waals surface area contributed by atoms with Crippen molar-refractivity contribution >= 4 is 11.6 Å². The molecule has 0 aliphatic carbocycles. The van der Waals surface area contributed by atoms with E-state index in [1.807, 2.05) is 41.1 Å². The Balaban J connectivity index is 1.80. The average molecular weight is 300 g/mol. The average Bonchev–Trinajstić information content (AvgIpc) is 3.10. The highest BCUT2D eigenvalue weighted by Gasteiger charge is 2.23. The minimum atomic E-state index is -0.0790. The second kappa shape index (κ2) is 5.39. The van der Waals surface area contributed by atoms with Gasteiger partial charge in [0, 0.05) is 23.7 Å². The number of pyridine rings is 1. The van der Waals surface area contributed by atoms with E-state index >= 15 is 0 Å². The first-order valence-electron chi connectivity index (χ1n) is 7.14. The second-order valence-corrected chi connectivity index (χ2v) is 5.15. The standard InChI is InChI=1S/C17H12N6/c18-10-12-1-3-14(4-2-12)16-9-15(13-5-7-19-8-6-13)22-17-20-11-21-23(16)17/h1-9,11,16H,(H,20,21,22)/t16-/m0/s1. The summed E-state index contributed by atoms with van der Waals surface area (Å²) in [6.07, 6.45) is 7.14. The normalized spacial score (nSPS) is 16.0. The zero-order valence-corrected chi connectivity index (χ0v) is 12.1. The van der Waals surface area contributed by atoms with Crippen molar-refractivity contribution < 1.29 is 0 Å². The third-order valence-corrected chi connectivity index (χ3v) is 3.78. The fraction of sp³-hybridized carbons (Fsp3) is 0.0588. The number of anilines is 1. The van der Waals surface area contributed by atoms with Crippen molar-refractivity contribution in [2.45, 2.75) is 6.04 Å². The van der Waals surface area contributed by atoms with Gasteiger partial charge in [0.2, 0.25) is 5.95 Å². The number of nitrogens with zero attached hydrogens (tertiary/aromatic N) is 5. The molecule has 2 aromatic heterocycles. The van der Waals surface area contributed by atoms with Crippen LogP contribution in [0.1, 0.15) is 22.7 Å². The van der Waals surface area contributed by atoms with Gasteiger partial charge in [0.05, 0.1) is 11.6 Å². The van der Waals surface area contributed by atoms with Crippen molar-refractivity contribution in [3.05, 3.63) is 77.9 Å². The van der Waals surface area contributed by atoms with E-state index in [4.69, 9.17) is 5.26 Å². The van der Waals surface area contributed by atoms with Gasteiger partial charge in [0.25, 0.3) is 0 Å². The van der Waals surface area contributed by atoms with Crippen molar-refractivity contribution in [2.75, 3.05) is 5.32 Å². The lowest BCUT2D eigenvalue weighted by Gasteiger charge is -2.24. The zero-order valence-electron chi connectivity index (χ0n) is 12.1. The Labute approximate surface area is 132 Å². The maximum Gasteiger partial charge on any atom is 0.226 e. The SMILES string of the molecule is N#Cc1ccc([C@@H]2C=C(c3ccncc3)Nc3ncnn32)cc1. The Morgan fingerprint density at radius 2 is 1.87 bits per heavy atom. The Kier molecular flexibility index (Phi) is 3.10. The van der Waals surface area contributed by atoms with Gasteiger partial charge in [0.15, 0.2) is 0 Å². The Bertz CT molecular complexity index is 902. The summed E-state index contributed by atoms with van der Waals surface area (Å²) in [5, 5.41) is 16.5. The molecular formula is C17H12N6. The quantitative estimate of drug-likeness (QED) is 0.787. The van der Waals surface area contributed by atoms with E-state index in [9.17, 15) is 0 Å². The number of benzene rings is 1. The summed E-state index contributed by atoms with van der Waals surface area (Å²) < 4.78 is 1.83. The van der Waals surface area contributed by atoms with Crippen LogP contribution in [-0.4, -0.2) is 19.7 Å². The molecule has 0 saturated carbocycles. The molecule has 3 aromatic rings. The van der Waals surface area contributed by atoms with Gasteiger partial charge in [-0.3, -0.25) is 4.98 Å². The Hall–Kier alpha value is -3.46. The number of hydrogen-bond donors (Lipinski definition) is 1. The molecule has 3 heterocycles. The van der Waals surface area contributed by atoms with Gasteiger partial charge in [-0.05, 0) is 35.9 Å². The lowest BCUT2D eigenvalue weighted by molar-refractivity contribution is 0.612. The molecule has 0 unspecified atom stereocenters. The van der Waals surface area contributed by atoms with Crippen LogP contribution in [0.15, 0.2) is 61.2 Å². The molecule has 0 amide bonds. The third kappa shape index (κ3) is 2.34. The van der Waals surface area contributed by atoms with Gasteiger partial charge in [0.1, 0.15) is 12.4 Å². The van der Waals surface area contributed by atoms with Crippen molar-refractivity contribution in [3.8, 4) is 6.07 Å². The molecule has 0 bridgehead atoms. The third-order valence-electron chi connectivity index (χ3n) is 3.78. The van der Waals surface area contributed by atoms with Crippen LogP contribution in [0.2, 0.25) is 0 Å². The van der Waals surface area contributed by atoms with E-state index in [0.717, 1.165) is 16.8 Å². The van der Waals surface area contributed by atoms with Crippen LogP contribution in [0.4, 0.5) is 5.95 Å². The first-order valence-corrected chi connectivity index (χ1v) is 7.14. The summed E-state index contributed by atoms with van der Waals surface area (Å²) >= 11 is 0. The number of aromatic nitrogens is 4. The van der Waals surface area contributed by atoms with Crippen LogP contribution in [0.25, 0.3) is 5.70 Å². The molecular weight excluding hydrogens is 288 g/mol. The van der Waals surface area contributed by atoms with Gasteiger partial charge in [-0.2, -0.15) is 15.3 Å². The fourth-order valence-corrected chi connectivity index (χ4v) is 2.63. The smallest absolute Gasteiger partial charge is 0.226 e. The second-order valence-electron chi connectivity index (χ2n) is 5.15. The van der Waals surface area contributed by atoms with E-state index in [1.165, 1.54) is 6.33 Å². The van der Waals surface area contributed by atoms with Gasteiger partial charge in [-0.1, -0.05) is 12.1 Å². The summed E-state index contributed by atoms with van der Waals surface area (Å²) in [6.45, 7) is 0. The van der Waals surface area contributed by atoms with Gasteiger partial charge < -0.3 is 5.32 Å². The lowest BCUT2D eigenvalue weighted by Crippen LogP contribution is -2.20. The summed E-state index contributed by atoms with van der Waals surface area (Å²) in [5.41, 5.74) is 3.68. The molecule has 0 fully saturated rings. The largest absolute Gasteiger partial charge is 0.324 e. The van der Waals surface area contributed by atoms with Crippen molar-refractivity contribution in [3.63, 3.8) is 0 Å². The molecule has 23 heavy (non-hydrogen) atoms. The van der Waals surface area contributed by atoms with Crippen LogP contribution in [0.3, 0.4) is 0 Å². The van der Waals surface area contributed by atoms with Crippen LogP contribution in [0, 0.1) is 11.3 Å². The van der Waals surface area contributed by atoms with E-state index in [1.54, 1.807) is 12.4 Å². The highest BCUT2D eigenvalue weighted by Crippen LogP contribution is 2.31. The molecule has 1 atom stereocenters. The molecule has 0 spiro atoms. The number of nitrogens with one attached hydrogen (secondary N) is 1. The van der Waals surface area contributed by atoms with Crippen LogP contribution >= 0.6 is 0 Å². The number of fused-ring (bicyclic) bond motifs is 1. The van der Waals surface area contributed by atoms with E-state index in [0.29, 0.717) is 11.5 Å². The Morgan fingerprint density at radius 3 is 2.61 bits per heavy atom. The molecule has 4 rings (SSSR count). The first kappa shape index (κ1) is 13.2. The van der Waals surface area contributed by atoms with Crippen LogP contribution in [0.5, 0.6) is 0 Å². The molecule has 0 radical (unpaired) electrons. The lowest BCUT2D eigenvalue weighted by atomic mass is 10.0. The molecule has 1 N–H and O–H groups in total. The van der Waals surface area contributed by atoms with Crippen molar-refractivity contribution in [1.82, 2.24) is 19.7 Å². The fourth-order valence-electron chi connectivity index (χ4n) is 2.63. The topological polar surface area (TPSA) is 79.4 Å². The monoisotopic (exact) mass is 300 g/mol. The predicted molar refractivity (Wildman–Crippen MR) is 85.2 cm³/mol. The molecule has 1 aliphatic heterocycles. The molecule has 1 aliphatic rings. The Morgan fingerprint density at radius 1 is 1.09 bits per heavy atom. The summed E-state index contributed by atoms with van der Waals surface area (Å²) in [7, 11) is 0. The minimum absolute atomic E-state index is 0.0790. The maximum atomic E-state index is 8.95. The van der Waals surface area contributed by atoms with Crippen LogP contribution < -0.4 is 5.32 Å². The maximum absolute atomic E-state index is 8.95. The summed E-state index contributed by atoms with van der Waals surface area (Å²) in [6, 6.07) is 13.5. The van der Waals surface area contributed by atoms with E-state index in [2.05, 4.69) is 32.5 Å². The first-order chi connectivity index (χ1) is 11.3. The highest BCUT2D eigenvalue weighted by atomic mass is 15.4. The number of allylic oxidation sites excluding steroid dienone is 1. The predicted octanol–water partition coefficient (Wildman–Crippen LogP) is 2.60. The van der Waals surface area contributed by atoms with Crippen molar-refractivity contribution in [2.24, 2.45) is 0 Å². The van der Waals surface area contributed by atoms with E-state index < -0.39 is 0 Å². The molecule has 6 heteroatoms. The zero-order chi connectivity index (χ0) is 15.6. The summed E-state index contributed by atoms with van der Waals surface area (Å²) in [5.74, 6) is 0.689. The number of hydrogen-bond acceptors (Lipinski definition) is 5. The number of nitriles is 1. The van der Waals surface area contributed by atoms with Crippen LogP contribution in [-0.2, 0) is 0 Å². The van der Waals surface area contributed by atoms with Crippen molar-refractivity contribution in [1.29, 1.82) is 5.26 Å². The number of rotatable bonds is 2. The van der Waals surface area contributed by atoms with Gasteiger partial charge >= 0.3 is 0 Å². The highest BCUT2D eigenvalue weighted by molar-refractivity contribution is 5.76. The molecule has 1 aromatic carbocycles.